The summed E-state index contributed by atoms with van der Waals surface area (Å²) in [4.78, 5) is 2.16. The molecule has 0 saturated carbocycles. The minimum Gasteiger partial charge on any atom is -0.378 e. The summed E-state index contributed by atoms with van der Waals surface area (Å²) in [5, 5.41) is 0. The first-order chi connectivity index (χ1) is 9.67. The summed E-state index contributed by atoms with van der Waals surface area (Å²) in [6.45, 7) is 9.21. The highest BCUT2D eigenvalue weighted by molar-refractivity contribution is 7.92. The summed E-state index contributed by atoms with van der Waals surface area (Å²) >= 11 is 0. The zero-order valence-electron chi connectivity index (χ0n) is 13.1. The molecule has 0 radical (unpaired) electrons. The lowest BCUT2D eigenvalue weighted by Crippen LogP contribution is -2.36. The zero-order chi connectivity index (χ0) is 15.7. The van der Waals surface area contributed by atoms with Crippen LogP contribution in [0.15, 0.2) is 18.2 Å². The normalized spacial score (nSPS) is 16.9. The van der Waals surface area contributed by atoms with Crippen molar-refractivity contribution >= 4 is 21.4 Å². The molecule has 1 N–H and O–H groups in total. The van der Waals surface area contributed by atoms with E-state index in [-0.39, 0.29) is 5.41 Å². The second-order valence-corrected chi connectivity index (χ2v) is 8.20. The number of nitrogens with one attached hydrogen (secondary N) is 1. The molecule has 1 aromatic carbocycles. The molecule has 0 spiro atoms. The summed E-state index contributed by atoms with van der Waals surface area (Å²) < 4.78 is 31.3. The van der Waals surface area contributed by atoms with Gasteiger partial charge < -0.3 is 9.64 Å². The van der Waals surface area contributed by atoms with E-state index >= 15 is 0 Å². The summed E-state index contributed by atoms with van der Waals surface area (Å²) in [7, 11) is -3.31. The number of sulfonamides is 1. The van der Waals surface area contributed by atoms with Gasteiger partial charge in [0.2, 0.25) is 10.0 Å². The second kappa shape index (κ2) is 5.85. The van der Waals surface area contributed by atoms with Crippen molar-refractivity contribution < 1.29 is 13.2 Å². The molecule has 1 aromatic rings. The molecule has 0 aliphatic carbocycles. The Morgan fingerprint density at radius 3 is 2.33 bits per heavy atom. The third-order valence-electron chi connectivity index (χ3n) is 3.51. The van der Waals surface area contributed by atoms with E-state index < -0.39 is 10.0 Å². The highest BCUT2D eigenvalue weighted by Crippen LogP contribution is 2.33. The van der Waals surface area contributed by atoms with E-state index in [1.165, 1.54) is 6.26 Å². The number of anilines is 2. The monoisotopic (exact) mass is 312 g/mol. The van der Waals surface area contributed by atoms with Crippen LogP contribution in [-0.4, -0.2) is 41.0 Å². The molecule has 0 bridgehead atoms. The predicted octanol–water partition coefficient (Wildman–Crippen LogP) is 2.19. The molecular weight excluding hydrogens is 288 g/mol. The Morgan fingerprint density at radius 2 is 1.81 bits per heavy atom. The first kappa shape index (κ1) is 16.1. The lowest BCUT2D eigenvalue weighted by atomic mass is 9.86. The summed E-state index contributed by atoms with van der Waals surface area (Å²) in [5.41, 5.74) is 2.63. The highest BCUT2D eigenvalue weighted by Gasteiger charge is 2.20. The van der Waals surface area contributed by atoms with E-state index in [0.717, 1.165) is 24.3 Å². The third-order valence-corrected chi connectivity index (χ3v) is 4.10. The predicted molar refractivity (Wildman–Crippen MR) is 86.6 cm³/mol. The number of nitrogens with zero attached hydrogens (tertiary/aromatic N) is 1. The average Bonchev–Trinajstić information content (AvgIpc) is 2.36. The Kier molecular flexibility index (Phi) is 4.49. The van der Waals surface area contributed by atoms with Gasteiger partial charge in [-0.2, -0.15) is 0 Å². The maximum atomic E-state index is 11.6. The largest absolute Gasteiger partial charge is 0.378 e. The van der Waals surface area contributed by atoms with Crippen LogP contribution in [0, 0.1) is 0 Å². The van der Waals surface area contributed by atoms with Crippen LogP contribution in [0.3, 0.4) is 0 Å². The average molecular weight is 312 g/mol. The van der Waals surface area contributed by atoms with Gasteiger partial charge in [0.15, 0.2) is 0 Å². The third kappa shape index (κ3) is 4.35. The van der Waals surface area contributed by atoms with E-state index in [0.29, 0.717) is 18.9 Å². The second-order valence-electron chi connectivity index (χ2n) is 6.46. The maximum Gasteiger partial charge on any atom is 0.229 e. The van der Waals surface area contributed by atoms with Crippen molar-refractivity contribution in [1.29, 1.82) is 0 Å². The Labute approximate surface area is 127 Å². The van der Waals surface area contributed by atoms with Gasteiger partial charge in [-0.15, -0.1) is 0 Å². The molecule has 1 aliphatic rings. The lowest BCUT2D eigenvalue weighted by Gasteiger charge is -2.31. The van der Waals surface area contributed by atoms with Crippen molar-refractivity contribution in [2.45, 2.75) is 26.2 Å². The van der Waals surface area contributed by atoms with Gasteiger partial charge in [0.25, 0.3) is 0 Å². The van der Waals surface area contributed by atoms with Crippen LogP contribution < -0.4 is 9.62 Å². The van der Waals surface area contributed by atoms with E-state index in [1.807, 2.05) is 12.1 Å². The smallest absolute Gasteiger partial charge is 0.229 e. The molecule has 1 fully saturated rings. The molecular formula is C15H24N2O3S. The van der Waals surface area contributed by atoms with Crippen LogP contribution in [0.2, 0.25) is 0 Å². The molecule has 2 rings (SSSR count). The quantitative estimate of drug-likeness (QED) is 0.929. The molecule has 0 atom stereocenters. The molecule has 21 heavy (non-hydrogen) atoms. The van der Waals surface area contributed by atoms with Gasteiger partial charge in [-0.05, 0) is 23.1 Å². The molecule has 1 heterocycles. The summed E-state index contributed by atoms with van der Waals surface area (Å²) in [5.74, 6) is 0. The van der Waals surface area contributed by atoms with Gasteiger partial charge >= 0.3 is 0 Å². The first-order valence-electron chi connectivity index (χ1n) is 7.12. The van der Waals surface area contributed by atoms with Crippen LogP contribution in [0.1, 0.15) is 26.3 Å². The van der Waals surface area contributed by atoms with Crippen LogP contribution >= 0.6 is 0 Å². The minimum absolute atomic E-state index is 0.0303. The lowest BCUT2D eigenvalue weighted by molar-refractivity contribution is 0.123. The standard InChI is InChI=1S/C15H24N2O3S/c1-15(2,3)12-5-6-14(17-7-9-20-10-8-17)13(11-12)16-21(4,18)19/h5-6,11,16H,7-10H2,1-4H3. The fourth-order valence-corrected chi connectivity index (χ4v) is 2.93. The number of hydrogen-bond donors (Lipinski definition) is 1. The number of rotatable bonds is 3. The maximum absolute atomic E-state index is 11.6. The van der Waals surface area contributed by atoms with E-state index in [9.17, 15) is 8.42 Å². The van der Waals surface area contributed by atoms with Gasteiger partial charge in [0.05, 0.1) is 30.8 Å². The zero-order valence-corrected chi connectivity index (χ0v) is 14.0. The van der Waals surface area contributed by atoms with Crippen molar-refractivity contribution in [1.82, 2.24) is 0 Å². The van der Waals surface area contributed by atoms with Crippen LogP contribution in [0.5, 0.6) is 0 Å². The van der Waals surface area contributed by atoms with Crippen molar-refractivity contribution in [3.05, 3.63) is 23.8 Å². The molecule has 0 unspecified atom stereocenters. The first-order valence-corrected chi connectivity index (χ1v) is 9.01. The molecule has 1 saturated heterocycles. The van der Waals surface area contributed by atoms with Crippen LogP contribution in [-0.2, 0) is 20.2 Å². The van der Waals surface area contributed by atoms with Crippen molar-refractivity contribution in [3.8, 4) is 0 Å². The van der Waals surface area contributed by atoms with E-state index in [2.05, 4.69) is 36.5 Å². The SMILES string of the molecule is CC(C)(C)c1ccc(N2CCOCC2)c(NS(C)(=O)=O)c1. The summed E-state index contributed by atoms with van der Waals surface area (Å²) in [6.07, 6.45) is 1.18. The molecule has 118 valence electrons. The Hall–Kier alpha value is -1.27. The highest BCUT2D eigenvalue weighted by atomic mass is 32.2. The molecule has 0 amide bonds. The molecule has 0 aromatic heterocycles. The van der Waals surface area contributed by atoms with E-state index in [1.54, 1.807) is 0 Å². The van der Waals surface area contributed by atoms with Gasteiger partial charge in [-0.3, -0.25) is 4.72 Å². The van der Waals surface area contributed by atoms with Gasteiger partial charge in [-0.1, -0.05) is 26.8 Å². The van der Waals surface area contributed by atoms with Gasteiger partial charge in [-0.25, -0.2) is 8.42 Å². The Balaban J connectivity index is 2.43. The fourth-order valence-electron chi connectivity index (χ4n) is 2.36. The van der Waals surface area contributed by atoms with Crippen molar-refractivity contribution in [2.24, 2.45) is 0 Å². The topological polar surface area (TPSA) is 58.6 Å². The molecule has 5 nitrogen and oxygen atoms in total. The number of hydrogen-bond acceptors (Lipinski definition) is 4. The van der Waals surface area contributed by atoms with Crippen LogP contribution in [0.25, 0.3) is 0 Å². The van der Waals surface area contributed by atoms with Crippen molar-refractivity contribution in [3.63, 3.8) is 0 Å². The van der Waals surface area contributed by atoms with Crippen molar-refractivity contribution in [2.75, 3.05) is 42.2 Å². The molecule has 6 heteroatoms. The van der Waals surface area contributed by atoms with Gasteiger partial charge in [0, 0.05) is 13.1 Å². The number of ether oxygens (including phenoxy) is 1. The number of morpholine rings is 1. The number of benzene rings is 1. The Bertz CT molecular complexity index is 600. The van der Waals surface area contributed by atoms with E-state index in [4.69, 9.17) is 4.74 Å². The van der Waals surface area contributed by atoms with Gasteiger partial charge in [0.1, 0.15) is 0 Å². The molecule has 1 aliphatic heterocycles. The summed E-state index contributed by atoms with van der Waals surface area (Å²) in [6, 6.07) is 6.00. The minimum atomic E-state index is -3.31. The Morgan fingerprint density at radius 1 is 1.19 bits per heavy atom. The fraction of sp³-hybridized carbons (Fsp3) is 0.600. The van der Waals surface area contributed by atoms with Crippen LogP contribution in [0.4, 0.5) is 11.4 Å².